The Labute approximate surface area is 174 Å². The molecule has 2 N–H and O–H groups in total. The Kier molecular flexibility index (Phi) is 7.27. The summed E-state index contributed by atoms with van der Waals surface area (Å²) in [7, 11) is 0. The number of anilines is 1. The number of nitrogens with zero attached hydrogens (tertiary/aromatic N) is 2. The Bertz CT molecular complexity index is 1000. The van der Waals surface area contributed by atoms with Gasteiger partial charge in [0.05, 0.1) is 12.0 Å². The van der Waals surface area contributed by atoms with Gasteiger partial charge in [-0.25, -0.2) is 5.43 Å². The van der Waals surface area contributed by atoms with E-state index in [0.717, 1.165) is 5.56 Å². The van der Waals surface area contributed by atoms with Gasteiger partial charge in [-0.2, -0.15) is 5.10 Å². The third kappa shape index (κ3) is 6.56. The van der Waals surface area contributed by atoms with Gasteiger partial charge in [0.1, 0.15) is 12.4 Å². The summed E-state index contributed by atoms with van der Waals surface area (Å²) in [5.74, 6) is 0.103. The highest BCUT2D eigenvalue weighted by Crippen LogP contribution is 2.17. The molecule has 0 unspecified atom stereocenters. The van der Waals surface area contributed by atoms with Crippen LogP contribution in [0.3, 0.4) is 0 Å². The van der Waals surface area contributed by atoms with Crippen LogP contribution in [0.5, 0.6) is 5.75 Å². The molecule has 0 aliphatic rings. The van der Waals surface area contributed by atoms with Gasteiger partial charge in [0.25, 0.3) is 5.91 Å². The van der Waals surface area contributed by atoms with Crippen LogP contribution in [0.15, 0.2) is 84.2 Å². The molecule has 0 spiro atoms. The highest BCUT2D eigenvalue weighted by molar-refractivity contribution is 6.06. The van der Waals surface area contributed by atoms with Crippen molar-refractivity contribution in [3.8, 4) is 5.75 Å². The summed E-state index contributed by atoms with van der Waals surface area (Å²) < 4.78 is 5.73. The normalized spacial score (nSPS) is 10.9. The van der Waals surface area contributed by atoms with Crippen molar-refractivity contribution < 1.29 is 14.3 Å². The lowest BCUT2D eigenvalue weighted by molar-refractivity contribution is -0.115. The smallest absolute Gasteiger partial charge is 0.272 e. The summed E-state index contributed by atoms with van der Waals surface area (Å²) >= 11 is 0. The number of carbonyl (C=O) groups is 2. The highest BCUT2D eigenvalue weighted by atomic mass is 16.5. The Balaban J connectivity index is 1.45. The van der Waals surface area contributed by atoms with Crippen LogP contribution in [0.25, 0.3) is 0 Å². The molecule has 152 valence electrons. The van der Waals surface area contributed by atoms with Crippen molar-refractivity contribution in [2.45, 2.75) is 20.0 Å². The number of hydrazone groups is 1. The van der Waals surface area contributed by atoms with Gasteiger partial charge < -0.3 is 10.1 Å². The fourth-order valence-electron chi connectivity index (χ4n) is 2.56. The summed E-state index contributed by atoms with van der Waals surface area (Å²) in [6.07, 6.45) is 3.08. The first-order valence-electron chi connectivity index (χ1n) is 9.40. The zero-order chi connectivity index (χ0) is 21.2. The van der Waals surface area contributed by atoms with Gasteiger partial charge >= 0.3 is 0 Å². The van der Waals surface area contributed by atoms with Crippen molar-refractivity contribution in [2.24, 2.45) is 5.10 Å². The van der Waals surface area contributed by atoms with E-state index < -0.39 is 0 Å². The van der Waals surface area contributed by atoms with Crippen LogP contribution in [-0.2, 0) is 11.4 Å². The van der Waals surface area contributed by atoms with Gasteiger partial charge in [0.2, 0.25) is 5.91 Å². The van der Waals surface area contributed by atoms with E-state index in [4.69, 9.17) is 4.74 Å². The van der Waals surface area contributed by atoms with E-state index in [9.17, 15) is 9.59 Å². The van der Waals surface area contributed by atoms with Crippen LogP contribution in [0.1, 0.15) is 29.3 Å². The first-order valence-corrected chi connectivity index (χ1v) is 9.40. The maximum absolute atomic E-state index is 12.2. The summed E-state index contributed by atoms with van der Waals surface area (Å²) in [6.45, 7) is 2.15. The second kappa shape index (κ2) is 10.5. The molecule has 0 saturated heterocycles. The fraction of sp³-hybridized carbons (Fsp3) is 0.130. The molecule has 0 atom stereocenters. The zero-order valence-electron chi connectivity index (χ0n) is 16.5. The van der Waals surface area contributed by atoms with Crippen molar-refractivity contribution in [1.82, 2.24) is 10.4 Å². The molecule has 1 aromatic heterocycles. The Morgan fingerprint density at radius 1 is 1.00 bits per heavy atom. The molecule has 2 aromatic carbocycles. The van der Waals surface area contributed by atoms with Crippen LogP contribution < -0.4 is 15.5 Å². The van der Waals surface area contributed by atoms with E-state index in [-0.39, 0.29) is 18.2 Å². The van der Waals surface area contributed by atoms with Gasteiger partial charge in [0.15, 0.2) is 0 Å². The van der Waals surface area contributed by atoms with Gasteiger partial charge in [-0.15, -0.1) is 0 Å². The number of ether oxygens (including phenoxy) is 1. The number of carbonyl (C=O) groups excluding carboxylic acids is 2. The lowest BCUT2D eigenvalue weighted by Gasteiger charge is -2.09. The average Bonchev–Trinajstić information content (AvgIpc) is 2.78. The summed E-state index contributed by atoms with van der Waals surface area (Å²) in [4.78, 5) is 28.0. The Hall–Kier alpha value is -4.00. The SMILES string of the molecule is CC(CC(=O)Nc1ccc(OCc2ccccc2)cc1)=NNC(=O)c1cccnc1. The number of rotatable bonds is 8. The van der Waals surface area contributed by atoms with Gasteiger partial charge in [-0.05, 0) is 48.9 Å². The van der Waals surface area contributed by atoms with Gasteiger partial charge in [0, 0.05) is 23.8 Å². The third-order valence-corrected chi connectivity index (χ3v) is 4.07. The summed E-state index contributed by atoms with van der Waals surface area (Å²) in [5.41, 5.74) is 5.03. The lowest BCUT2D eigenvalue weighted by atomic mass is 10.2. The predicted octanol–water partition coefficient (Wildman–Crippen LogP) is 3.80. The van der Waals surface area contributed by atoms with Gasteiger partial charge in [-0.3, -0.25) is 14.6 Å². The predicted molar refractivity (Wildman–Crippen MR) is 115 cm³/mol. The van der Waals surface area contributed by atoms with Crippen LogP contribution >= 0.6 is 0 Å². The first-order chi connectivity index (χ1) is 14.6. The molecule has 0 radical (unpaired) electrons. The van der Waals surface area contributed by atoms with E-state index in [1.165, 1.54) is 6.20 Å². The first kappa shape index (κ1) is 20.7. The highest BCUT2D eigenvalue weighted by Gasteiger charge is 2.07. The number of nitrogens with one attached hydrogen (secondary N) is 2. The van der Waals surface area contributed by atoms with Gasteiger partial charge in [-0.1, -0.05) is 30.3 Å². The number of amides is 2. The van der Waals surface area contributed by atoms with Crippen molar-refractivity contribution in [3.63, 3.8) is 0 Å². The summed E-state index contributed by atoms with van der Waals surface area (Å²) in [5, 5.41) is 6.75. The third-order valence-electron chi connectivity index (χ3n) is 4.07. The molecule has 3 aromatic rings. The number of benzene rings is 2. The zero-order valence-corrected chi connectivity index (χ0v) is 16.5. The molecule has 2 amide bonds. The molecule has 1 heterocycles. The minimum absolute atomic E-state index is 0.0551. The minimum atomic E-state index is -0.381. The van der Waals surface area contributed by atoms with E-state index in [2.05, 4.69) is 20.8 Å². The molecule has 0 bridgehead atoms. The second-order valence-electron chi connectivity index (χ2n) is 6.55. The van der Waals surface area contributed by atoms with Crippen LogP contribution in [-0.4, -0.2) is 22.5 Å². The molecule has 0 aliphatic heterocycles. The largest absolute Gasteiger partial charge is 0.489 e. The van der Waals surface area contributed by atoms with Crippen molar-refractivity contribution in [3.05, 3.63) is 90.3 Å². The van der Waals surface area contributed by atoms with Crippen LogP contribution in [0.4, 0.5) is 5.69 Å². The monoisotopic (exact) mass is 402 g/mol. The van der Waals surface area contributed by atoms with Crippen LogP contribution in [0, 0.1) is 0 Å². The fourth-order valence-corrected chi connectivity index (χ4v) is 2.56. The number of hydrogen-bond donors (Lipinski definition) is 2. The van der Waals surface area contributed by atoms with Crippen molar-refractivity contribution in [2.75, 3.05) is 5.32 Å². The molecular weight excluding hydrogens is 380 g/mol. The van der Waals surface area contributed by atoms with Crippen molar-refractivity contribution >= 4 is 23.2 Å². The molecular formula is C23H22N4O3. The molecule has 7 nitrogen and oxygen atoms in total. The van der Waals surface area contributed by atoms with E-state index in [1.807, 2.05) is 30.3 Å². The Morgan fingerprint density at radius 3 is 2.47 bits per heavy atom. The number of aromatic nitrogens is 1. The van der Waals surface area contributed by atoms with E-state index >= 15 is 0 Å². The average molecular weight is 402 g/mol. The van der Waals surface area contributed by atoms with E-state index in [0.29, 0.717) is 29.3 Å². The van der Waals surface area contributed by atoms with E-state index in [1.54, 1.807) is 49.5 Å². The topological polar surface area (TPSA) is 92.7 Å². The molecule has 0 aliphatic carbocycles. The number of pyridine rings is 1. The molecule has 7 heteroatoms. The summed E-state index contributed by atoms with van der Waals surface area (Å²) in [6, 6.07) is 20.3. The van der Waals surface area contributed by atoms with Crippen molar-refractivity contribution in [1.29, 1.82) is 0 Å². The lowest BCUT2D eigenvalue weighted by Crippen LogP contribution is -2.21. The quantitative estimate of drug-likeness (QED) is 0.443. The Morgan fingerprint density at radius 2 is 1.77 bits per heavy atom. The number of hydrogen-bond acceptors (Lipinski definition) is 5. The molecule has 30 heavy (non-hydrogen) atoms. The maximum atomic E-state index is 12.2. The standard InChI is InChI=1S/C23H22N4O3/c1-17(26-27-23(29)19-8-5-13-24-15-19)14-22(28)25-20-9-11-21(12-10-20)30-16-18-6-3-2-4-7-18/h2-13,15H,14,16H2,1H3,(H,25,28)(H,27,29). The molecule has 0 fully saturated rings. The minimum Gasteiger partial charge on any atom is -0.489 e. The maximum Gasteiger partial charge on any atom is 0.272 e. The van der Waals surface area contributed by atoms with Crippen LogP contribution in [0.2, 0.25) is 0 Å². The molecule has 3 rings (SSSR count). The molecule has 0 saturated carbocycles. The second-order valence-corrected chi connectivity index (χ2v) is 6.55.